The van der Waals surface area contributed by atoms with Gasteiger partial charge in [0.1, 0.15) is 48.7 Å². The summed E-state index contributed by atoms with van der Waals surface area (Å²) >= 11 is 0. The van der Waals surface area contributed by atoms with E-state index in [1.54, 1.807) is 0 Å². The molecule has 10 N–H and O–H groups in total. The Kier molecular flexibility index (Phi) is 76.3. The molecule has 14 atom stereocenters. The van der Waals surface area contributed by atoms with E-state index in [0.29, 0.717) is 38.5 Å². The molecule has 0 saturated carbocycles. The van der Waals surface area contributed by atoms with Crippen LogP contribution in [-0.4, -0.2) is 175 Å². The van der Waals surface area contributed by atoms with Gasteiger partial charge in [-0.05, 0) is 51.4 Å². The highest BCUT2D eigenvalue weighted by Crippen LogP contribution is 2.44. The molecule has 10 unspecified atom stereocenters. The van der Waals surface area contributed by atoms with E-state index in [1.807, 2.05) is 0 Å². The molecule has 2 heterocycles. The van der Waals surface area contributed by atoms with Gasteiger partial charge in [-0.2, -0.15) is 0 Å². The van der Waals surface area contributed by atoms with Gasteiger partial charge in [-0.1, -0.05) is 414 Å². The molecule has 129 heavy (non-hydrogen) atoms. The standard InChI is InChI=1S/C100H190N2O25P2/c1-7-13-19-25-31-37-39-41-43-49-55-61-67-73-89(108)120-83(71-65-59-53-47-35-29-23-17-11-5)77-88(107)102-93-97(124-91(110)76-82(105)70-64-58-52-46-34-28-22-16-10-4)95(112)86(123-100(93)127-129(116,117)118)80-119-99-94(101-87(106)75-81(104)69-63-57-51-45-33-27-21-15-9-3)98(96(85(79-103)122-99)126-128(113,114)115)125-92(111)78-84(72-66-60-54-48-36-30-24-18-12-6)121-90(109)74-68-62-56-50-44-42-40-38-32-26-20-14-8-2/h81-86,93-100,103-105,112H,7-80H2,1-6H3,(H,101,106)(H,102,107)(H2,113,114,115)(H2,116,117,118)/t81?,82?,83?,84?,85?,86?,93-,94-,95+,96?,97?,98?,99+,100?/m0/s1. The molecule has 29 heteroatoms. The SMILES string of the molecule is CCCCCCCCCCCCCCCC(=O)OC(CCCCCCCCCCC)CC(=O)N[C@@H]1C(OP(=O)(O)O)OC(CO[C@@H]2OC(CO)C(OP(=O)(O)O)C(OC(=O)CC(CCCCCCCCCCC)OC(=O)CCCCCCCCCCCCCCC)[C@@H]2NC(=O)CC(O)CCCCCCCCCCC)[C@@H](O)C1OC(=O)CC(O)CCCCCCCCCCC. The number of amides is 2. The largest absolute Gasteiger partial charge is 0.472 e. The first-order valence-corrected chi connectivity index (χ1v) is 55.8. The predicted molar refractivity (Wildman–Crippen MR) is 508 cm³/mol. The fraction of sp³-hybridized carbons (Fsp3) is 0.940. The molecule has 2 aliphatic heterocycles. The van der Waals surface area contributed by atoms with Gasteiger partial charge < -0.3 is 83.8 Å². The molecular weight excluding hydrogens is 1690 g/mol. The van der Waals surface area contributed by atoms with E-state index in [0.717, 1.165) is 244 Å². The van der Waals surface area contributed by atoms with Gasteiger partial charge in [0.2, 0.25) is 11.8 Å². The fourth-order valence-electron chi connectivity index (χ4n) is 17.6. The lowest BCUT2D eigenvalue weighted by atomic mass is 9.95. The van der Waals surface area contributed by atoms with E-state index < -0.39 is 176 Å². The molecule has 0 aliphatic carbocycles. The molecule has 760 valence electrons. The Bertz CT molecular complexity index is 2820. The van der Waals surface area contributed by atoms with Gasteiger partial charge in [-0.3, -0.25) is 37.8 Å². The first-order chi connectivity index (χ1) is 62.3. The maximum absolute atomic E-state index is 14.9. The van der Waals surface area contributed by atoms with Crippen LogP contribution in [0.1, 0.15) is 504 Å². The second-order valence-electron chi connectivity index (χ2n) is 37.6. The number of unbranched alkanes of at least 4 members (excludes halogenated alkanes) is 56. The molecule has 2 saturated heterocycles. The lowest BCUT2D eigenvalue weighted by Crippen LogP contribution is -2.68. The second-order valence-corrected chi connectivity index (χ2v) is 40.0. The summed E-state index contributed by atoms with van der Waals surface area (Å²) in [6.45, 7) is 11.0. The number of hydrogen-bond donors (Lipinski definition) is 10. The number of phosphoric ester groups is 2. The summed E-state index contributed by atoms with van der Waals surface area (Å²) < 4.78 is 80.2. The number of ether oxygens (including phenoxy) is 7. The minimum Gasteiger partial charge on any atom is -0.462 e. The molecular formula is C100H190N2O25P2. The topological polar surface area (TPSA) is 406 Å². The number of nitrogens with one attached hydrogen (secondary N) is 2. The zero-order chi connectivity index (χ0) is 94.7. The number of aliphatic hydroxyl groups excluding tert-OH is 4. The Morgan fingerprint density at radius 3 is 0.938 bits per heavy atom. The normalized spacial score (nSPS) is 20.0. The van der Waals surface area contributed by atoms with Gasteiger partial charge in [0.25, 0.3) is 0 Å². The van der Waals surface area contributed by atoms with E-state index in [2.05, 4.69) is 52.2 Å². The van der Waals surface area contributed by atoms with Gasteiger partial charge in [-0.15, -0.1) is 0 Å². The number of esters is 4. The van der Waals surface area contributed by atoms with Gasteiger partial charge >= 0.3 is 39.5 Å². The monoisotopic (exact) mass is 1880 g/mol. The van der Waals surface area contributed by atoms with Crippen LogP contribution in [0.5, 0.6) is 0 Å². The average molecular weight is 1880 g/mol. The number of hydrogen-bond acceptors (Lipinski definition) is 21. The molecule has 27 nitrogen and oxygen atoms in total. The summed E-state index contributed by atoms with van der Waals surface area (Å²) in [6.07, 6.45) is 42.2. The van der Waals surface area contributed by atoms with Crippen LogP contribution in [0.25, 0.3) is 0 Å². The molecule has 2 aliphatic rings. The first-order valence-electron chi connectivity index (χ1n) is 52.7. The van der Waals surface area contributed by atoms with Crippen LogP contribution in [0.4, 0.5) is 0 Å². The van der Waals surface area contributed by atoms with Gasteiger partial charge in [0, 0.05) is 12.8 Å². The number of carbonyl (C=O) groups excluding carboxylic acids is 6. The third kappa shape index (κ3) is 66.8. The maximum Gasteiger partial charge on any atom is 0.472 e. The quantitative estimate of drug-likeness (QED) is 0.0117. The van der Waals surface area contributed by atoms with Crippen molar-refractivity contribution in [3.63, 3.8) is 0 Å². The minimum absolute atomic E-state index is 0.0836. The van der Waals surface area contributed by atoms with E-state index in [4.69, 9.17) is 42.2 Å². The zero-order valence-corrected chi connectivity index (χ0v) is 83.6. The summed E-state index contributed by atoms with van der Waals surface area (Å²) in [4.78, 5) is 129. The Morgan fingerprint density at radius 2 is 0.597 bits per heavy atom. The predicted octanol–water partition coefficient (Wildman–Crippen LogP) is 22.9. The van der Waals surface area contributed by atoms with Crippen molar-refractivity contribution in [2.75, 3.05) is 13.2 Å². The van der Waals surface area contributed by atoms with Crippen molar-refractivity contribution in [3.8, 4) is 0 Å². The molecule has 2 fully saturated rings. The van der Waals surface area contributed by atoms with Gasteiger partial charge in [0.15, 0.2) is 24.8 Å². The van der Waals surface area contributed by atoms with Crippen molar-refractivity contribution in [1.29, 1.82) is 0 Å². The third-order valence-electron chi connectivity index (χ3n) is 25.4. The van der Waals surface area contributed by atoms with Crippen LogP contribution < -0.4 is 10.6 Å². The molecule has 2 rings (SSSR count). The molecule has 0 spiro atoms. The van der Waals surface area contributed by atoms with Crippen molar-refractivity contribution in [3.05, 3.63) is 0 Å². The molecule has 0 bridgehead atoms. The van der Waals surface area contributed by atoms with Crippen molar-refractivity contribution in [2.45, 2.75) is 590 Å². The van der Waals surface area contributed by atoms with Crippen molar-refractivity contribution >= 4 is 51.3 Å². The second kappa shape index (κ2) is 80.8. The van der Waals surface area contributed by atoms with Crippen LogP contribution >= 0.6 is 15.6 Å². The van der Waals surface area contributed by atoms with Crippen LogP contribution in [0.15, 0.2) is 0 Å². The molecule has 0 aromatic heterocycles. The highest BCUT2D eigenvalue weighted by molar-refractivity contribution is 7.46. The molecule has 2 amide bonds. The Labute approximate surface area is 780 Å². The number of phosphoric acid groups is 2. The maximum atomic E-state index is 14.9. The first kappa shape index (κ1) is 122. The number of carbonyl (C=O) groups is 6. The summed E-state index contributed by atoms with van der Waals surface area (Å²) in [6, 6.07) is -3.86. The Hall–Kier alpha value is -3.24. The lowest BCUT2D eigenvalue weighted by molar-refractivity contribution is -0.297. The highest BCUT2D eigenvalue weighted by atomic mass is 31.2. The number of rotatable bonds is 90. The van der Waals surface area contributed by atoms with E-state index in [-0.39, 0.29) is 38.5 Å². The fourth-order valence-corrected chi connectivity index (χ4v) is 18.7. The minimum atomic E-state index is -5.71. The van der Waals surface area contributed by atoms with Crippen molar-refractivity contribution in [2.24, 2.45) is 0 Å². The third-order valence-corrected chi connectivity index (χ3v) is 26.4. The van der Waals surface area contributed by atoms with Gasteiger partial charge in [0.05, 0.1) is 51.1 Å². The van der Waals surface area contributed by atoms with Crippen LogP contribution in [0.2, 0.25) is 0 Å². The Morgan fingerprint density at radius 1 is 0.318 bits per heavy atom. The van der Waals surface area contributed by atoms with Gasteiger partial charge in [-0.25, -0.2) is 9.13 Å². The summed E-state index contributed by atoms with van der Waals surface area (Å²) in [5, 5.41) is 52.0. The van der Waals surface area contributed by atoms with Crippen LogP contribution in [0.3, 0.4) is 0 Å². The molecule has 0 radical (unpaired) electrons. The summed E-state index contributed by atoms with van der Waals surface area (Å²) in [5.41, 5.74) is 0. The van der Waals surface area contributed by atoms with Crippen molar-refractivity contribution in [1.82, 2.24) is 10.6 Å². The highest BCUT2D eigenvalue weighted by Gasteiger charge is 2.55. The molecule has 0 aromatic rings. The zero-order valence-electron chi connectivity index (χ0n) is 81.8. The summed E-state index contributed by atoms with van der Waals surface area (Å²) in [5.74, 6) is -5.01. The van der Waals surface area contributed by atoms with E-state index >= 15 is 0 Å². The Balaban J connectivity index is 2.75. The smallest absolute Gasteiger partial charge is 0.462 e. The van der Waals surface area contributed by atoms with Crippen LogP contribution in [0, 0.1) is 0 Å². The summed E-state index contributed by atoms with van der Waals surface area (Å²) in [7, 11) is -11.4. The number of aliphatic hydroxyl groups is 4. The average Bonchev–Trinajstić information content (AvgIpc) is 0.770. The van der Waals surface area contributed by atoms with E-state index in [1.165, 1.54) is 116 Å². The van der Waals surface area contributed by atoms with Crippen molar-refractivity contribution < 1.29 is 120 Å². The lowest BCUT2D eigenvalue weighted by Gasteiger charge is -2.47. The van der Waals surface area contributed by atoms with E-state index in [9.17, 15) is 77.9 Å². The van der Waals surface area contributed by atoms with Crippen LogP contribution in [-0.2, 0) is 80.1 Å². The molecule has 0 aromatic carbocycles.